The first-order valence-corrected chi connectivity index (χ1v) is 8.75. The third kappa shape index (κ3) is 4.36. The Balaban J connectivity index is 1.49. The van der Waals surface area contributed by atoms with Gasteiger partial charge in [0, 0.05) is 24.1 Å². The third-order valence-corrected chi connectivity index (χ3v) is 4.23. The topological polar surface area (TPSA) is 71.5 Å². The van der Waals surface area contributed by atoms with E-state index in [2.05, 4.69) is 10.3 Å². The van der Waals surface area contributed by atoms with Crippen LogP contribution in [0.15, 0.2) is 48.5 Å². The van der Waals surface area contributed by atoms with Crippen LogP contribution in [0.4, 0.5) is 0 Å². The number of aromatic hydroxyl groups is 1. The highest BCUT2D eigenvalue weighted by molar-refractivity contribution is 6.37. The highest BCUT2D eigenvalue weighted by Gasteiger charge is 2.10. The van der Waals surface area contributed by atoms with E-state index in [-0.39, 0.29) is 21.7 Å². The zero-order chi connectivity index (χ0) is 18.5. The van der Waals surface area contributed by atoms with E-state index in [0.29, 0.717) is 31.0 Å². The molecule has 0 aliphatic heterocycles. The molecule has 0 aliphatic carbocycles. The summed E-state index contributed by atoms with van der Waals surface area (Å²) in [4.78, 5) is 16.5. The number of halogens is 2. The molecule has 0 radical (unpaired) electrons. The highest BCUT2D eigenvalue weighted by Crippen LogP contribution is 2.36. The van der Waals surface area contributed by atoms with Crippen molar-refractivity contribution >= 4 is 40.0 Å². The van der Waals surface area contributed by atoms with Crippen molar-refractivity contribution in [3.63, 3.8) is 0 Å². The number of aromatic nitrogens is 1. The van der Waals surface area contributed by atoms with Gasteiger partial charge in [-0.2, -0.15) is 0 Å². The molecule has 7 heteroatoms. The van der Waals surface area contributed by atoms with Gasteiger partial charge >= 0.3 is 0 Å². The molecule has 1 amide bonds. The van der Waals surface area contributed by atoms with E-state index in [4.69, 9.17) is 27.9 Å². The second kappa shape index (κ2) is 8.25. The van der Waals surface area contributed by atoms with Gasteiger partial charge in [0.25, 0.3) is 5.91 Å². The van der Waals surface area contributed by atoms with Gasteiger partial charge in [-0.05, 0) is 18.6 Å². The van der Waals surface area contributed by atoms with Gasteiger partial charge in [0.15, 0.2) is 5.75 Å². The summed E-state index contributed by atoms with van der Waals surface area (Å²) < 4.78 is 5.53. The van der Waals surface area contributed by atoms with Crippen LogP contribution in [-0.2, 0) is 0 Å². The second-order valence-corrected chi connectivity index (χ2v) is 6.40. The number of fused-ring (bicyclic) bond motifs is 1. The van der Waals surface area contributed by atoms with Crippen LogP contribution in [0.5, 0.6) is 11.5 Å². The summed E-state index contributed by atoms with van der Waals surface area (Å²) >= 11 is 12.0. The zero-order valence-electron chi connectivity index (χ0n) is 13.7. The molecule has 3 aromatic rings. The van der Waals surface area contributed by atoms with Gasteiger partial charge < -0.3 is 15.2 Å². The number of phenolic OH excluding ortho intramolecular Hbond substituents is 1. The van der Waals surface area contributed by atoms with Crippen molar-refractivity contribution in [3.05, 3.63) is 64.3 Å². The molecule has 0 saturated heterocycles. The maximum atomic E-state index is 12.2. The van der Waals surface area contributed by atoms with Crippen molar-refractivity contribution in [3.8, 4) is 11.5 Å². The fourth-order valence-corrected chi connectivity index (χ4v) is 3.00. The molecule has 1 heterocycles. The Morgan fingerprint density at radius 2 is 1.85 bits per heavy atom. The lowest BCUT2D eigenvalue weighted by atomic mass is 10.2. The summed E-state index contributed by atoms with van der Waals surface area (Å²) in [7, 11) is 0. The van der Waals surface area contributed by atoms with Crippen LogP contribution in [0.25, 0.3) is 10.9 Å². The quantitative estimate of drug-likeness (QED) is 0.610. The Morgan fingerprint density at radius 3 is 2.62 bits per heavy atom. The largest absolute Gasteiger partial charge is 0.508 e. The lowest BCUT2D eigenvalue weighted by Gasteiger charge is -2.11. The monoisotopic (exact) mass is 390 g/mol. The molecule has 0 saturated carbocycles. The maximum Gasteiger partial charge on any atom is 0.269 e. The first-order chi connectivity index (χ1) is 12.5. The fraction of sp³-hybridized carbons (Fsp3) is 0.158. The van der Waals surface area contributed by atoms with E-state index in [1.807, 2.05) is 30.3 Å². The minimum atomic E-state index is -0.239. The molecule has 2 N–H and O–H groups in total. The number of benzene rings is 2. The average Bonchev–Trinajstić information content (AvgIpc) is 2.62. The number of amides is 1. The van der Waals surface area contributed by atoms with E-state index in [1.165, 1.54) is 12.1 Å². The number of carbonyl (C=O) groups is 1. The van der Waals surface area contributed by atoms with E-state index >= 15 is 0 Å². The van der Waals surface area contributed by atoms with E-state index in [1.54, 1.807) is 6.07 Å². The van der Waals surface area contributed by atoms with Crippen molar-refractivity contribution < 1.29 is 14.6 Å². The van der Waals surface area contributed by atoms with Gasteiger partial charge in [0.1, 0.15) is 11.4 Å². The Labute approximate surface area is 160 Å². The summed E-state index contributed by atoms with van der Waals surface area (Å²) in [5.41, 5.74) is 1.15. The van der Waals surface area contributed by atoms with Crippen LogP contribution in [-0.4, -0.2) is 29.1 Å². The number of para-hydroxylation sites is 1. The molecular weight excluding hydrogens is 375 g/mol. The first kappa shape index (κ1) is 18.3. The Bertz CT molecular complexity index is 924. The number of nitrogens with one attached hydrogen (secondary N) is 1. The molecule has 26 heavy (non-hydrogen) atoms. The summed E-state index contributed by atoms with van der Waals surface area (Å²) in [5, 5.41) is 13.6. The van der Waals surface area contributed by atoms with Gasteiger partial charge in [-0.15, -0.1) is 0 Å². The number of hydrogen-bond donors (Lipinski definition) is 2. The number of pyridine rings is 1. The van der Waals surface area contributed by atoms with Crippen molar-refractivity contribution in [1.82, 2.24) is 10.3 Å². The highest BCUT2D eigenvalue weighted by atomic mass is 35.5. The van der Waals surface area contributed by atoms with Crippen LogP contribution >= 0.6 is 23.2 Å². The van der Waals surface area contributed by atoms with Crippen molar-refractivity contribution in [1.29, 1.82) is 0 Å². The van der Waals surface area contributed by atoms with Gasteiger partial charge in [-0.25, -0.2) is 4.98 Å². The van der Waals surface area contributed by atoms with E-state index in [9.17, 15) is 9.90 Å². The molecule has 0 atom stereocenters. The van der Waals surface area contributed by atoms with Crippen LogP contribution in [0.1, 0.15) is 16.9 Å². The summed E-state index contributed by atoms with van der Waals surface area (Å²) in [5.74, 6) is 0.0487. The van der Waals surface area contributed by atoms with Crippen molar-refractivity contribution in [2.45, 2.75) is 6.42 Å². The van der Waals surface area contributed by atoms with Crippen LogP contribution in [0, 0.1) is 0 Å². The Kier molecular flexibility index (Phi) is 5.81. The van der Waals surface area contributed by atoms with Crippen LogP contribution in [0.3, 0.4) is 0 Å². The Hall–Kier alpha value is -2.50. The molecule has 5 nitrogen and oxygen atoms in total. The summed E-state index contributed by atoms with van der Waals surface area (Å²) in [6.45, 7) is 0.732. The molecule has 0 bridgehead atoms. The number of phenols is 1. The first-order valence-electron chi connectivity index (χ1n) is 7.99. The number of rotatable bonds is 6. The average molecular weight is 391 g/mol. The number of ether oxygens (including phenoxy) is 1. The number of hydrogen-bond acceptors (Lipinski definition) is 4. The predicted molar refractivity (Wildman–Crippen MR) is 102 cm³/mol. The zero-order valence-corrected chi connectivity index (χ0v) is 15.2. The van der Waals surface area contributed by atoms with Gasteiger partial charge in [0.05, 0.1) is 22.2 Å². The summed E-state index contributed by atoms with van der Waals surface area (Å²) in [6, 6.07) is 13.9. The molecule has 0 fully saturated rings. The number of carbonyl (C=O) groups excluding carboxylic acids is 1. The van der Waals surface area contributed by atoms with Gasteiger partial charge in [-0.3, -0.25) is 4.79 Å². The van der Waals surface area contributed by atoms with E-state index in [0.717, 1.165) is 10.9 Å². The van der Waals surface area contributed by atoms with Crippen LogP contribution < -0.4 is 10.1 Å². The molecule has 1 aromatic heterocycles. The molecule has 0 spiro atoms. The van der Waals surface area contributed by atoms with Crippen molar-refractivity contribution in [2.24, 2.45) is 0 Å². The molecule has 3 rings (SSSR count). The summed E-state index contributed by atoms with van der Waals surface area (Å²) in [6.07, 6.45) is 0.562. The number of nitrogens with zero attached hydrogens (tertiary/aromatic N) is 1. The molecule has 0 aliphatic rings. The molecule has 2 aromatic carbocycles. The lowest BCUT2D eigenvalue weighted by molar-refractivity contribution is 0.0947. The van der Waals surface area contributed by atoms with Gasteiger partial charge in [0.2, 0.25) is 0 Å². The van der Waals surface area contributed by atoms with E-state index < -0.39 is 0 Å². The molecule has 0 unspecified atom stereocenters. The van der Waals surface area contributed by atoms with Crippen molar-refractivity contribution in [2.75, 3.05) is 13.2 Å². The smallest absolute Gasteiger partial charge is 0.269 e. The third-order valence-electron chi connectivity index (χ3n) is 3.67. The fourth-order valence-electron chi connectivity index (χ4n) is 2.42. The SMILES string of the molecule is O=C(NCCCOc1c(Cl)cc(O)cc1Cl)c1ccc2ccccc2n1. The second-order valence-electron chi connectivity index (χ2n) is 5.59. The normalized spacial score (nSPS) is 10.7. The molecular formula is C19H16Cl2N2O3. The molecule has 134 valence electrons. The standard InChI is InChI=1S/C19H16Cl2N2O3/c20-14-10-13(24)11-15(21)18(14)26-9-3-8-22-19(25)17-7-6-12-4-1-2-5-16(12)23-17/h1-2,4-7,10-11,24H,3,8-9H2,(H,22,25). The minimum absolute atomic E-state index is 0.0255. The predicted octanol–water partition coefficient (Wildman–Crippen LogP) is 4.45. The maximum absolute atomic E-state index is 12.2. The van der Waals surface area contributed by atoms with Crippen LogP contribution in [0.2, 0.25) is 10.0 Å². The minimum Gasteiger partial charge on any atom is -0.508 e. The Morgan fingerprint density at radius 1 is 1.12 bits per heavy atom. The van der Waals surface area contributed by atoms with Gasteiger partial charge in [-0.1, -0.05) is 47.5 Å². The lowest BCUT2D eigenvalue weighted by Crippen LogP contribution is -2.26.